The number of para-hydroxylation sites is 1. The molecule has 1 aromatic carbocycles. The van der Waals surface area contributed by atoms with Crippen molar-refractivity contribution in [3.8, 4) is 0 Å². The molecule has 2 heterocycles. The molecule has 21 heavy (non-hydrogen) atoms. The zero-order valence-electron chi connectivity index (χ0n) is 11.1. The first kappa shape index (κ1) is 13.5. The second kappa shape index (κ2) is 5.13. The van der Waals surface area contributed by atoms with Gasteiger partial charge in [0.05, 0.1) is 0 Å². The maximum Gasteiger partial charge on any atom is 0.328 e. The number of aliphatic carboxylic acids is 1. The Bertz CT molecular complexity index is 715. The van der Waals surface area contributed by atoms with Crippen LogP contribution in [0.15, 0.2) is 24.3 Å². The van der Waals surface area contributed by atoms with Gasteiger partial charge in [-0.3, -0.25) is 10.2 Å². The van der Waals surface area contributed by atoms with Gasteiger partial charge in [-0.15, -0.1) is 0 Å². The predicted octanol–water partition coefficient (Wildman–Crippen LogP) is 1.89. The van der Waals surface area contributed by atoms with E-state index in [2.05, 4.69) is 14.7 Å². The normalized spacial score (nSPS) is 16.6. The van der Waals surface area contributed by atoms with Crippen LogP contribution >= 0.6 is 11.5 Å². The van der Waals surface area contributed by atoms with Crippen molar-refractivity contribution in [2.24, 2.45) is 0 Å². The van der Waals surface area contributed by atoms with Crippen molar-refractivity contribution in [1.82, 2.24) is 9.36 Å². The topological polar surface area (TPSA) is 95.4 Å². The summed E-state index contributed by atoms with van der Waals surface area (Å²) in [7, 11) is 0. The number of aryl methyl sites for hydroxylation is 1. The van der Waals surface area contributed by atoms with E-state index >= 15 is 0 Å². The molecule has 2 N–H and O–H groups in total. The van der Waals surface area contributed by atoms with Crippen LogP contribution in [0.3, 0.4) is 0 Å². The van der Waals surface area contributed by atoms with E-state index in [1.165, 1.54) is 4.90 Å². The van der Waals surface area contributed by atoms with E-state index in [9.17, 15) is 14.7 Å². The monoisotopic (exact) mass is 304 g/mol. The van der Waals surface area contributed by atoms with Crippen molar-refractivity contribution < 1.29 is 14.7 Å². The zero-order valence-corrected chi connectivity index (χ0v) is 11.9. The first-order chi connectivity index (χ1) is 10.1. The Hall–Kier alpha value is -2.48. The molecule has 1 aliphatic heterocycles. The number of aromatic nitrogens is 2. The molecule has 0 bridgehead atoms. The Balaban J connectivity index is 1.90. The van der Waals surface area contributed by atoms with Crippen LogP contribution in [0.2, 0.25) is 0 Å². The van der Waals surface area contributed by atoms with E-state index < -0.39 is 18.0 Å². The molecule has 0 aliphatic carbocycles. The van der Waals surface area contributed by atoms with Gasteiger partial charge in [0.25, 0.3) is 0 Å². The Morgan fingerprint density at radius 1 is 1.43 bits per heavy atom. The number of rotatable bonds is 2. The minimum absolute atomic E-state index is 0.300. The summed E-state index contributed by atoms with van der Waals surface area (Å²) in [6, 6.07) is 5.75. The van der Waals surface area contributed by atoms with Crippen molar-refractivity contribution in [3.05, 3.63) is 35.7 Å². The number of nitrogens with zero attached hydrogens (tertiary/aromatic N) is 3. The summed E-state index contributed by atoms with van der Waals surface area (Å²) >= 11 is 1.06. The summed E-state index contributed by atoms with van der Waals surface area (Å²) in [5.41, 5.74) is 1.46. The van der Waals surface area contributed by atoms with Crippen LogP contribution < -0.4 is 10.2 Å². The van der Waals surface area contributed by atoms with Crippen LogP contribution in [0.25, 0.3) is 0 Å². The number of benzene rings is 1. The highest BCUT2D eigenvalue weighted by atomic mass is 32.1. The molecule has 1 aromatic heterocycles. The van der Waals surface area contributed by atoms with Crippen molar-refractivity contribution in [2.75, 3.05) is 10.2 Å². The zero-order chi connectivity index (χ0) is 15.0. The molecule has 7 nitrogen and oxygen atoms in total. The molecule has 2 aromatic rings. The van der Waals surface area contributed by atoms with Gasteiger partial charge in [0.2, 0.25) is 5.13 Å². The Morgan fingerprint density at radius 3 is 2.86 bits per heavy atom. The maximum absolute atomic E-state index is 12.4. The van der Waals surface area contributed by atoms with Crippen LogP contribution in [0.4, 0.5) is 15.6 Å². The number of anilines is 2. The van der Waals surface area contributed by atoms with E-state index in [0.29, 0.717) is 23.1 Å². The van der Waals surface area contributed by atoms with E-state index in [4.69, 9.17) is 0 Å². The fraction of sp³-hybridized carbons (Fsp3) is 0.231. The number of urea groups is 1. The second-order valence-electron chi connectivity index (χ2n) is 4.63. The molecule has 0 unspecified atom stereocenters. The molecular weight excluding hydrogens is 292 g/mol. The molecule has 0 saturated heterocycles. The third-order valence-electron chi connectivity index (χ3n) is 3.22. The summed E-state index contributed by atoms with van der Waals surface area (Å²) in [6.07, 6.45) is 0.300. The number of carboxylic acid groups (broad SMARTS) is 1. The first-order valence-electron chi connectivity index (χ1n) is 6.27. The predicted molar refractivity (Wildman–Crippen MR) is 77.7 cm³/mol. The molecule has 1 aliphatic rings. The number of carboxylic acids is 1. The molecule has 0 fully saturated rings. The Kier molecular flexibility index (Phi) is 3.30. The SMILES string of the molecule is Cc1nsc(NC(=O)N2c3ccccc3C[C@H]2C(=O)O)n1. The Labute approximate surface area is 124 Å². The van der Waals surface area contributed by atoms with Crippen LogP contribution in [-0.2, 0) is 11.2 Å². The number of fused-ring (bicyclic) bond motifs is 1. The second-order valence-corrected chi connectivity index (χ2v) is 5.39. The number of carbonyl (C=O) groups excluding carboxylic acids is 1. The molecular formula is C13H12N4O3S. The van der Waals surface area contributed by atoms with E-state index in [1.807, 2.05) is 12.1 Å². The minimum atomic E-state index is -1.03. The molecule has 0 saturated carbocycles. The molecule has 0 radical (unpaired) electrons. The fourth-order valence-electron chi connectivity index (χ4n) is 2.33. The van der Waals surface area contributed by atoms with Crippen molar-refractivity contribution in [2.45, 2.75) is 19.4 Å². The van der Waals surface area contributed by atoms with Crippen molar-refractivity contribution in [1.29, 1.82) is 0 Å². The molecule has 0 spiro atoms. The molecule has 2 amide bonds. The van der Waals surface area contributed by atoms with Crippen LogP contribution in [-0.4, -0.2) is 32.5 Å². The standard InChI is InChI=1S/C13H12N4O3S/c1-7-14-12(21-16-7)15-13(20)17-9-5-3-2-4-8(9)6-10(17)11(18)19/h2-5,10H,6H2,1H3,(H,18,19)(H,14,15,16,20)/t10-/m0/s1. The smallest absolute Gasteiger partial charge is 0.328 e. The van der Waals surface area contributed by atoms with Gasteiger partial charge in [-0.2, -0.15) is 4.37 Å². The first-order valence-corrected chi connectivity index (χ1v) is 7.05. The lowest BCUT2D eigenvalue weighted by atomic mass is 10.1. The van der Waals surface area contributed by atoms with E-state index in [-0.39, 0.29) is 0 Å². The van der Waals surface area contributed by atoms with Gasteiger partial charge < -0.3 is 5.11 Å². The van der Waals surface area contributed by atoms with Gasteiger partial charge in [-0.25, -0.2) is 14.6 Å². The lowest BCUT2D eigenvalue weighted by Gasteiger charge is -2.22. The third kappa shape index (κ3) is 2.45. The molecule has 8 heteroatoms. The third-order valence-corrected chi connectivity index (χ3v) is 3.94. The van der Waals surface area contributed by atoms with Crippen LogP contribution in [0.1, 0.15) is 11.4 Å². The number of amides is 2. The van der Waals surface area contributed by atoms with Crippen molar-refractivity contribution >= 4 is 34.4 Å². The van der Waals surface area contributed by atoms with Gasteiger partial charge in [0.15, 0.2) is 0 Å². The number of carbonyl (C=O) groups is 2. The highest BCUT2D eigenvalue weighted by molar-refractivity contribution is 7.09. The van der Waals surface area contributed by atoms with Gasteiger partial charge in [-0.05, 0) is 18.6 Å². The highest BCUT2D eigenvalue weighted by Gasteiger charge is 2.38. The largest absolute Gasteiger partial charge is 0.480 e. The lowest BCUT2D eigenvalue weighted by molar-refractivity contribution is -0.138. The van der Waals surface area contributed by atoms with E-state index in [1.54, 1.807) is 19.1 Å². The van der Waals surface area contributed by atoms with Gasteiger partial charge in [-0.1, -0.05) is 18.2 Å². The summed E-state index contributed by atoms with van der Waals surface area (Å²) in [5, 5.41) is 12.3. The summed E-state index contributed by atoms with van der Waals surface area (Å²) < 4.78 is 3.98. The Morgan fingerprint density at radius 2 is 2.19 bits per heavy atom. The van der Waals surface area contributed by atoms with Crippen LogP contribution in [0, 0.1) is 6.92 Å². The number of hydrogen-bond acceptors (Lipinski definition) is 5. The molecule has 108 valence electrons. The molecule has 1 atom stereocenters. The summed E-state index contributed by atoms with van der Waals surface area (Å²) in [4.78, 5) is 29.1. The summed E-state index contributed by atoms with van der Waals surface area (Å²) in [6.45, 7) is 1.72. The van der Waals surface area contributed by atoms with Gasteiger partial charge in [0.1, 0.15) is 11.9 Å². The average Bonchev–Trinajstić information content (AvgIpc) is 3.02. The fourth-order valence-corrected chi connectivity index (χ4v) is 2.90. The van der Waals surface area contributed by atoms with Gasteiger partial charge >= 0.3 is 12.0 Å². The highest BCUT2D eigenvalue weighted by Crippen LogP contribution is 2.32. The number of hydrogen-bond donors (Lipinski definition) is 2. The van der Waals surface area contributed by atoms with Crippen LogP contribution in [0.5, 0.6) is 0 Å². The van der Waals surface area contributed by atoms with Crippen molar-refractivity contribution in [3.63, 3.8) is 0 Å². The number of nitrogens with one attached hydrogen (secondary N) is 1. The quantitative estimate of drug-likeness (QED) is 0.883. The van der Waals surface area contributed by atoms with E-state index in [0.717, 1.165) is 17.1 Å². The lowest BCUT2D eigenvalue weighted by Crippen LogP contribution is -2.45. The molecule has 3 rings (SSSR count). The minimum Gasteiger partial charge on any atom is -0.480 e. The average molecular weight is 304 g/mol. The summed E-state index contributed by atoms with van der Waals surface area (Å²) in [5.74, 6) is -0.471. The van der Waals surface area contributed by atoms with Gasteiger partial charge in [0, 0.05) is 23.6 Å². The maximum atomic E-state index is 12.4.